The van der Waals surface area contributed by atoms with Gasteiger partial charge < -0.3 is 19.2 Å². The zero-order valence-corrected chi connectivity index (χ0v) is 18.6. The van der Waals surface area contributed by atoms with Crippen LogP contribution in [-0.2, 0) is 6.54 Å². The van der Waals surface area contributed by atoms with Crippen molar-refractivity contribution in [3.05, 3.63) is 107 Å². The van der Waals surface area contributed by atoms with Crippen molar-refractivity contribution in [2.75, 3.05) is 0 Å². The summed E-state index contributed by atoms with van der Waals surface area (Å²) >= 11 is 5.74. The van der Waals surface area contributed by atoms with Gasteiger partial charge in [-0.05, 0) is 74.1 Å². The number of furan rings is 1. The number of para-hydroxylation sites is 1. The summed E-state index contributed by atoms with van der Waals surface area (Å²) in [6.07, 6.45) is 3.45. The van der Waals surface area contributed by atoms with Crippen LogP contribution in [0.5, 0.6) is 0 Å². The minimum absolute atomic E-state index is 0.130. The molecule has 1 aliphatic heterocycles. The first kappa shape index (κ1) is 20.5. The van der Waals surface area contributed by atoms with Gasteiger partial charge in [-0.2, -0.15) is 0 Å². The Labute approximate surface area is 191 Å². The van der Waals surface area contributed by atoms with Gasteiger partial charge in [0.2, 0.25) is 0 Å². The minimum atomic E-state index is -0.255. The summed E-state index contributed by atoms with van der Waals surface area (Å²) in [5.41, 5.74) is 4.43. The van der Waals surface area contributed by atoms with Crippen LogP contribution in [0.15, 0.2) is 77.5 Å². The lowest BCUT2D eigenvalue weighted by Crippen LogP contribution is -2.29. The molecule has 0 bridgehead atoms. The number of nitrogens with zero attached hydrogens (tertiary/aromatic N) is 3. The van der Waals surface area contributed by atoms with E-state index in [1.54, 1.807) is 24.6 Å². The molecule has 4 aromatic rings. The minimum Gasteiger partial charge on any atom is -0.467 e. The number of thiocarbonyl (C=S) groups is 1. The number of nitrogens with one attached hydrogen (secondary N) is 1. The molecule has 5 rings (SSSR count). The molecule has 0 radical (unpaired) electrons. The zero-order valence-electron chi connectivity index (χ0n) is 17.8. The predicted molar refractivity (Wildman–Crippen MR) is 125 cm³/mol. The first-order chi connectivity index (χ1) is 15.5. The highest BCUT2D eigenvalue weighted by atomic mass is 32.1. The number of pyridine rings is 1. The van der Waals surface area contributed by atoms with Crippen LogP contribution >= 0.6 is 12.2 Å². The van der Waals surface area contributed by atoms with Crippen molar-refractivity contribution in [2.24, 2.45) is 0 Å². The smallest absolute Gasteiger partial charge is 0.170 e. The van der Waals surface area contributed by atoms with E-state index in [9.17, 15) is 4.39 Å². The number of aromatic nitrogens is 2. The molecule has 1 fully saturated rings. The van der Waals surface area contributed by atoms with E-state index in [2.05, 4.69) is 21.3 Å². The maximum absolute atomic E-state index is 14.7. The highest BCUT2D eigenvalue weighted by Gasteiger charge is 2.41. The van der Waals surface area contributed by atoms with E-state index in [-0.39, 0.29) is 17.9 Å². The first-order valence-electron chi connectivity index (χ1n) is 10.5. The Balaban J connectivity index is 1.64. The molecule has 0 amide bonds. The van der Waals surface area contributed by atoms with Gasteiger partial charge >= 0.3 is 0 Å². The van der Waals surface area contributed by atoms with Crippen molar-refractivity contribution in [1.29, 1.82) is 0 Å². The van der Waals surface area contributed by atoms with E-state index in [0.29, 0.717) is 17.3 Å². The Morgan fingerprint density at radius 1 is 1.09 bits per heavy atom. The average Bonchev–Trinajstić information content (AvgIpc) is 3.49. The third kappa shape index (κ3) is 3.48. The molecule has 1 saturated heterocycles. The summed E-state index contributed by atoms with van der Waals surface area (Å²) in [5.74, 6) is 0.568. The lowest BCUT2D eigenvalue weighted by Gasteiger charge is -2.27. The largest absolute Gasteiger partial charge is 0.467 e. The van der Waals surface area contributed by atoms with Gasteiger partial charge in [0.05, 0.1) is 36.3 Å². The second kappa shape index (κ2) is 8.24. The van der Waals surface area contributed by atoms with Crippen molar-refractivity contribution in [1.82, 2.24) is 19.8 Å². The summed E-state index contributed by atoms with van der Waals surface area (Å²) in [7, 11) is 0. The van der Waals surface area contributed by atoms with Gasteiger partial charge in [-0.15, -0.1) is 0 Å². The lowest BCUT2D eigenvalue weighted by molar-refractivity contribution is 0.286. The number of halogens is 1. The fraction of sp³-hybridized carbons (Fsp3) is 0.200. The van der Waals surface area contributed by atoms with Crippen LogP contribution in [-0.4, -0.2) is 19.6 Å². The Hall–Kier alpha value is -3.45. The van der Waals surface area contributed by atoms with Crippen LogP contribution in [0.3, 0.4) is 0 Å². The summed E-state index contributed by atoms with van der Waals surface area (Å²) in [6, 6.07) is 18.4. The van der Waals surface area contributed by atoms with Crippen LogP contribution in [0.4, 0.5) is 4.39 Å². The molecule has 1 N–H and O–H groups in total. The topological polar surface area (TPSA) is 46.2 Å². The van der Waals surface area contributed by atoms with Gasteiger partial charge in [0.15, 0.2) is 5.11 Å². The molecule has 7 heteroatoms. The number of aryl methyl sites for hydroxylation is 1. The van der Waals surface area contributed by atoms with Crippen LogP contribution in [0, 0.1) is 19.7 Å². The first-order valence-corrected chi connectivity index (χ1v) is 10.9. The molecular weight excluding hydrogens is 423 g/mol. The summed E-state index contributed by atoms with van der Waals surface area (Å²) in [5, 5.41) is 4.10. The van der Waals surface area contributed by atoms with Gasteiger partial charge in [-0.1, -0.05) is 18.2 Å². The Morgan fingerprint density at radius 3 is 2.62 bits per heavy atom. The Kier molecular flexibility index (Phi) is 5.27. The summed E-state index contributed by atoms with van der Waals surface area (Å²) in [6.45, 7) is 4.54. The Morgan fingerprint density at radius 2 is 1.91 bits per heavy atom. The zero-order chi connectivity index (χ0) is 22.2. The van der Waals surface area contributed by atoms with Gasteiger partial charge in [0, 0.05) is 17.6 Å². The monoisotopic (exact) mass is 446 g/mol. The average molecular weight is 447 g/mol. The fourth-order valence-corrected chi connectivity index (χ4v) is 4.88. The van der Waals surface area contributed by atoms with E-state index >= 15 is 0 Å². The molecule has 162 valence electrons. The molecule has 3 aromatic heterocycles. The third-order valence-electron chi connectivity index (χ3n) is 5.99. The van der Waals surface area contributed by atoms with Crippen molar-refractivity contribution < 1.29 is 8.81 Å². The van der Waals surface area contributed by atoms with Crippen molar-refractivity contribution >= 4 is 17.3 Å². The quantitative estimate of drug-likeness (QED) is 0.416. The maximum Gasteiger partial charge on any atom is 0.170 e. The second-order valence-electron chi connectivity index (χ2n) is 7.95. The molecule has 1 aliphatic rings. The number of hydrogen-bond acceptors (Lipinski definition) is 3. The van der Waals surface area contributed by atoms with Gasteiger partial charge in [-0.3, -0.25) is 4.98 Å². The molecule has 4 heterocycles. The predicted octanol–water partition coefficient (Wildman–Crippen LogP) is 5.39. The van der Waals surface area contributed by atoms with Gasteiger partial charge in [0.25, 0.3) is 0 Å². The molecule has 1 aromatic carbocycles. The second-order valence-corrected chi connectivity index (χ2v) is 8.33. The SMILES string of the molecule is Cc1cc([C@H]2[C@@H](c3ccccn3)NC(=S)N2Cc2ccco2)c(C)n1-c1ccccc1F. The van der Waals surface area contributed by atoms with Crippen LogP contribution in [0.25, 0.3) is 5.69 Å². The van der Waals surface area contributed by atoms with Gasteiger partial charge in [-0.25, -0.2) is 4.39 Å². The van der Waals surface area contributed by atoms with E-state index in [1.807, 2.05) is 54.8 Å². The molecule has 32 heavy (non-hydrogen) atoms. The van der Waals surface area contributed by atoms with E-state index in [4.69, 9.17) is 16.6 Å². The molecule has 0 aliphatic carbocycles. The van der Waals surface area contributed by atoms with E-state index < -0.39 is 0 Å². The molecule has 0 unspecified atom stereocenters. The van der Waals surface area contributed by atoms with Crippen molar-refractivity contribution in [3.63, 3.8) is 0 Å². The van der Waals surface area contributed by atoms with Crippen LogP contribution < -0.4 is 5.32 Å². The van der Waals surface area contributed by atoms with E-state index in [1.165, 1.54) is 6.07 Å². The molecule has 0 spiro atoms. The lowest BCUT2D eigenvalue weighted by atomic mass is 9.96. The normalized spacial score (nSPS) is 18.2. The molecule has 0 saturated carbocycles. The van der Waals surface area contributed by atoms with Crippen molar-refractivity contribution in [3.8, 4) is 5.69 Å². The van der Waals surface area contributed by atoms with E-state index in [0.717, 1.165) is 28.4 Å². The van der Waals surface area contributed by atoms with Crippen LogP contribution in [0.2, 0.25) is 0 Å². The van der Waals surface area contributed by atoms with Crippen molar-refractivity contribution in [2.45, 2.75) is 32.5 Å². The molecule has 5 nitrogen and oxygen atoms in total. The third-order valence-corrected chi connectivity index (χ3v) is 6.34. The highest BCUT2D eigenvalue weighted by molar-refractivity contribution is 7.80. The number of benzene rings is 1. The standard InChI is InChI=1S/C25H23FN4OS/c1-16-14-19(17(2)30(16)22-11-4-3-9-20(22)26)24-23(21-10-5-6-12-27-21)28-25(32)29(24)15-18-8-7-13-31-18/h3-14,23-24H,15H2,1-2H3,(H,28,32)/t23-,24+/m1/s1. The molecular formula is C25H23FN4OS. The summed E-state index contributed by atoms with van der Waals surface area (Å²) < 4.78 is 22.2. The summed E-state index contributed by atoms with van der Waals surface area (Å²) in [4.78, 5) is 6.72. The highest BCUT2D eigenvalue weighted by Crippen LogP contribution is 2.42. The molecule has 2 atom stereocenters. The fourth-order valence-electron chi connectivity index (χ4n) is 4.58. The maximum atomic E-state index is 14.7. The number of rotatable bonds is 5. The Bertz CT molecular complexity index is 1250. The van der Waals surface area contributed by atoms with Gasteiger partial charge in [0.1, 0.15) is 11.6 Å². The number of hydrogen-bond donors (Lipinski definition) is 1. The van der Waals surface area contributed by atoms with Crippen LogP contribution in [0.1, 0.15) is 40.5 Å².